The summed E-state index contributed by atoms with van der Waals surface area (Å²) in [6.07, 6.45) is 1.97. The van der Waals surface area contributed by atoms with E-state index in [1.807, 2.05) is 17.5 Å². The molecule has 0 N–H and O–H groups in total. The van der Waals surface area contributed by atoms with Crippen molar-refractivity contribution < 1.29 is 4.92 Å². The van der Waals surface area contributed by atoms with Crippen molar-refractivity contribution in [2.45, 2.75) is 25.4 Å². The van der Waals surface area contributed by atoms with E-state index in [2.05, 4.69) is 5.10 Å². The molecular weight excluding hydrogens is 328 g/mol. The predicted octanol–water partition coefficient (Wildman–Crippen LogP) is 3.06. The minimum atomic E-state index is -0.438. The van der Waals surface area contributed by atoms with Gasteiger partial charge >= 0.3 is 5.69 Å². The zero-order chi connectivity index (χ0) is 16.7. The van der Waals surface area contributed by atoms with E-state index in [1.165, 1.54) is 16.8 Å². The first kappa shape index (κ1) is 14.8. The number of aromatic nitrogens is 3. The van der Waals surface area contributed by atoms with Gasteiger partial charge in [0.1, 0.15) is 0 Å². The summed E-state index contributed by atoms with van der Waals surface area (Å²) in [6.45, 7) is 0.221. The van der Waals surface area contributed by atoms with Crippen molar-refractivity contribution in [2.75, 3.05) is 0 Å². The van der Waals surface area contributed by atoms with Crippen LogP contribution in [0.1, 0.15) is 24.4 Å². The van der Waals surface area contributed by atoms with Crippen LogP contribution < -0.4 is 5.69 Å². The molecule has 122 valence electrons. The molecule has 24 heavy (non-hydrogen) atoms. The first-order chi connectivity index (χ1) is 11.6. The quantitative estimate of drug-likeness (QED) is 0.527. The molecule has 3 aromatic rings. The average molecular weight is 342 g/mol. The summed E-state index contributed by atoms with van der Waals surface area (Å²) in [7, 11) is 0. The number of nitro benzene ring substituents is 1. The number of benzene rings is 1. The lowest BCUT2D eigenvalue weighted by molar-refractivity contribution is -0.384. The van der Waals surface area contributed by atoms with Gasteiger partial charge in [0.25, 0.3) is 5.69 Å². The first-order valence-corrected chi connectivity index (χ1v) is 8.48. The van der Waals surface area contributed by atoms with Crippen molar-refractivity contribution in [1.29, 1.82) is 0 Å². The number of nitro groups is 1. The molecule has 0 amide bonds. The highest BCUT2D eigenvalue weighted by Gasteiger charge is 2.30. The van der Waals surface area contributed by atoms with Crippen LogP contribution in [0.3, 0.4) is 0 Å². The SMILES string of the molecule is O=c1n(Cc2cccc([N+](=O)[O-])c2)nc(-c2cccs2)n1C1CC1. The minimum Gasteiger partial charge on any atom is -0.271 e. The molecule has 1 fully saturated rings. The fourth-order valence-electron chi connectivity index (χ4n) is 2.70. The Morgan fingerprint density at radius 3 is 2.79 bits per heavy atom. The summed E-state index contributed by atoms with van der Waals surface area (Å²) >= 11 is 1.55. The van der Waals surface area contributed by atoms with Gasteiger partial charge in [-0.15, -0.1) is 16.4 Å². The maximum absolute atomic E-state index is 12.7. The lowest BCUT2D eigenvalue weighted by atomic mass is 10.2. The molecule has 1 aliphatic rings. The highest BCUT2D eigenvalue weighted by molar-refractivity contribution is 7.13. The van der Waals surface area contributed by atoms with Gasteiger partial charge in [0, 0.05) is 18.2 Å². The Morgan fingerprint density at radius 2 is 2.12 bits per heavy atom. The largest absolute Gasteiger partial charge is 0.346 e. The van der Waals surface area contributed by atoms with Gasteiger partial charge in [-0.2, -0.15) is 0 Å². The van der Waals surface area contributed by atoms with Crippen molar-refractivity contribution in [3.63, 3.8) is 0 Å². The Hall–Kier alpha value is -2.74. The minimum absolute atomic E-state index is 0.0145. The monoisotopic (exact) mass is 342 g/mol. The van der Waals surface area contributed by atoms with Gasteiger partial charge in [-0.3, -0.25) is 14.7 Å². The number of hydrogen-bond donors (Lipinski definition) is 0. The van der Waals surface area contributed by atoms with Crippen LogP contribution in [0.5, 0.6) is 0 Å². The molecule has 1 aliphatic carbocycles. The van der Waals surface area contributed by atoms with Gasteiger partial charge in [-0.05, 0) is 29.9 Å². The Morgan fingerprint density at radius 1 is 1.29 bits per heavy atom. The molecule has 0 aliphatic heterocycles. The van der Waals surface area contributed by atoms with Crippen LogP contribution in [-0.4, -0.2) is 19.3 Å². The topological polar surface area (TPSA) is 83.0 Å². The Balaban J connectivity index is 1.74. The molecule has 1 saturated carbocycles. The third kappa shape index (κ3) is 2.65. The van der Waals surface area contributed by atoms with Gasteiger partial charge in [-0.1, -0.05) is 18.2 Å². The van der Waals surface area contributed by atoms with E-state index in [0.29, 0.717) is 11.4 Å². The van der Waals surface area contributed by atoms with Crippen LogP contribution in [0.25, 0.3) is 10.7 Å². The van der Waals surface area contributed by atoms with Gasteiger partial charge in [0.15, 0.2) is 5.82 Å². The highest BCUT2D eigenvalue weighted by Crippen LogP contribution is 2.37. The number of thiophene rings is 1. The van der Waals surface area contributed by atoms with Gasteiger partial charge in [-0.25, -0.2) is 9.48 Å². The van der Waals surface area contributed by atoms with E-state index in [0.717, 1.165) is 17.7 Å². The number of hydrogen-bond acceptors (Lipinski definition) is 5. The third-order valence-corrected chi connectivity index (χ3v) is 4.84. The maximum Gasteiger partial charge on any atom is 0.346 e. The fourth-order valence-corrected chi connectivity index (χ4v) is 3.41. The summed E-state index contributed by atoms with van der Waals surface area (Å²) in [5.74, 6) is 0.683. The Labute approximate surface area is 140 Å². The van der Waals surface area contributed by atoms with Crippen LogP contribution in [0.4, 0.5) is 5.69 Å². The van der Waals surface area contributed by atoms with Gasteiger partial charge in [0.2, 0.25) is 0 Å². The molecule has 1 aromatic carbocycles. The molecule has 2 heterocycles. The van der Waals surface area contributed by atoms with Crippen molar-refractivity contribution in [2.24, 2.45) is 0 Å². The molecule has 2 aromatic heterocycles. The second kappa shape index (κ2) is 5.72. The van der Waals surface area contributed by atoms with E-state index < -0.39 is 4.92 Å². The van der Waals surface area contributed by atoms with E-state index in [1.54, 1.807) is 28.0 Å². The summed E-state index contributed by atoms with van der Waals surface area (Å²) in [6, 6.07) is 10.4. The normalized spacial score (nSPS) is 14.0. The van der Waals surface area contributed by atoms with Crippen molar-refractivity contribution in [1.82, 2.24) is 14.3 Å². The summed E-state index contributed by atoms with van der Waals surface area (Å²) < 4.78 is 3.15. The molecule has 8 heteroatoms. The second-order valence-electron chi connectivity index (χ2n) is 5.77. The van der Waals surface area contributed by atoms with E-state index in [9.17, 15) is 14.9 Å². The Kier molecular flexibility index (Phi) is 3.53. The summed E-state index contributed by atoms with van der Waals surface area (Å²) in [4.78, 5) is 24.1. The van der Waals surface area contributed by atoms with Crippen LogP contribution >= 0.6 is 11.3 Å². The molecule has 4 rings (SSSR count). The average Bonchev–Trinajstić information content (AvgIpc) is 3.15. The first-order valence-electron chi connectivity index (χ1n) is 7.60. The lowest BCUT2D eigenvalue weighted by Crippen LogP contribution is -2.25. The second-order valence-corrected chi connectivity index (χ2v) is 6.72. The summed E-state index contributed by atoms with van der Waals surface area (Å²) in [5.41, 5.74) is 0.539. The molecule has 0 spiro atoms. The molecule has 0 atom stereocenters. The van der Waals surface area contributed by atoms with Crippen LogP contribution in [-0.2, 0) is 6.54 Å². The molecule has 0 radical (unpaired) electrons. The standard InChI is InChI=1S/C16H14N4O3S/c21-16-18(10-11-3-1-4-13(9-11)20(22)23)17-15(14-5-2-8-24-14)19(16)12-6-7-12/h1-5,8-9,12H,6-7,10H2. The van der Waals surface area contributed by atoms with E-state index in [-0.39, 0.29) is 24.0 Å². The van der Waals surface area contributed by atoms with E-state index >= 15 is 0 Å². The molecular formula is C16H14N4O3S. The maximum atomic E-state index is 12.7. The predicted molar refractivity (Wildman–Crippen MR) is 90.3 cm³/mol. The number of non-ortho nitro benzene ring substituents is 1. The van der Waals surface area contributed by atoms with Crippen molar-refractivity contribution in [3.05, 3.63) is 67.9 Å². The van der Waals surface area contributed by atoms with Crippen LogP contribution in [0.2, 0.25) is 0 Å². The molecule has 0 unspecified atom stereocenters. The van der Waals surface area contributed by atoms with E-state index in [4.69, 9.17) is 0 Å². The van der Waals surface area contributed by atoms with Gasteiger partial charge in [0.05, 0.1) is 16.3 Å². The lowest BCUT2D eigenvalue weighted by Gasteiger charge is -2.00. The third-order valence-electron chi connectivity index (χ3n) is 3.98. The van der Waals surface area contributed by atoms with Gasteiger partial charge < -0.3 is 0 Å². The zero-order valence-corrected chi connectivity index (χ0v) is 13.5. The molecule has 0 saturated heterocycles. The number of rotatable bonds is 5. The summed E-state index contributed by atoms with van der Waals surface area (Å²) in [5, 5.41) is 17.3. The number of nitrogens with zero attached hydrogens (tertiary/aromatic N) is 4. The highest BCUT2D eigenvalue weighted by atomic mass is 32.1. The molecule has 0 bridgehead atoms. The zero-order valence-electron chi connectivity index (χ0n) is 12.7. The smallest absolute Gasteiger partial charge is 0.271 e. The van der Waals surface area contributed by atoms with Crippen molar-refractivity contribution in [3.8, 4) is 10.7 Å². The fraction of sp³-hybridized carbons (Fsp3) is 0.250. The molecule has 7 nitrogen and oxygen atoms in total. The Bertz CT molecular complexity index is 954. The van der Waals surface area contributed by atoms with Crippen LogP contribution in [0, 0.1) is 10.1 Å². The van der Waals surface area contributed by atoms with Crippen LogP contribution in [0.15, 0.2) is 46.6 Å². The van der Waals surface area contributed by atoms with Crippen molar-refractivity contribution >= 4 is 17.0 Å².